The lowest BCUT2D eigenvalue weighted by molar-refractivity contribution is -0.140. The van der Waals surface area contributed by atoms with Crippen molar-refractivity contribution in [1.29, 1.82) is 0 Å². The molecule has 0 radical (unpaired) electrons. The molecular weight excluding hydrogens is 424 g/mol. The van der Waals surface area contributed by atoms with Crippen LogP contribution in [0.25, 0.3) is 0 Å². The Morgan fingerprint density at radius 2 is 1.62 bits per heavy atom. The van der Waals surface area contributed by atoms with Crippen LogP contribution in [0.3, 0.4) is 0 Å². The number of piperidine rings is 1. The molecule has 3 saturated heterocycles. The number of anilines is 1. The molecule has 0 unspecified atom stereocenters. The van der Waals surface area contributed by atoms with Crippen LogP contribution in [-0.2, 0) is 9.59 Å². The molecule has 0 aliphatic carbocycles. The van der Waals surface area contributed by atoms with Crippen molar-refractivity contribution in [2.75, 3.05) is 44.3 Å². The maximum Gasteiger partial charge on any atom is 0.263 e. The SMILES string of the molecule is O=C(CN1CN(c2ccccc2)C2(CCN(C(=O)c3cccs3)CC2)C1=O)N1CCCC1. The highest BCUT2D eigenvalue weighted by Gasteiger charge is 2.54. The Morgan fingerprint density at radius 3 is 2.28 bits per heavy atom. The number of benzene rings is 1. The first-order chi connectivity index (χ1) is 15.6. The summed E-state index contributed by atoms with van der Waals surface area (Å²) < 4.78 is 0. The summed E-state index contributed by atoms with van der Waals surface area (Å²) in [4.78, 5) is 47.7. The highest BCUT2D eigenvalue weighted by atomic mass is 32.1. The van der Waals surface area contributed by atoms with Gasteiger partial charge >= 0.3 is 0 Å². The molecule has 4 heterocycles. The lowest BCUT2D eigenvalue weighted by Crippen LogP contribution is -2.57. The summed E-state index contributed by atoms with van der Waals surface area (Å²) >= 11 is 1.45. The minimum atomic E-state index is -0.709. The van der Waals surface area contributed by atoms with Crippen LogP contribution in [0.15, 0.2) is 47.8 Å². The van der Waals surface area contributed by atoms with Gasteiger partial charge in [-0.25, -0.2) is 0 Å². The van der Waals surface area contributed by atoms with Crippen molar-refractivity contribution >= 4 is 34.7 Å². The Kier molecular flexibility index (Phi) is 5.63. The number of amides is 3. The zero-order valence-electron chi connectivity index (χ0n) is 18.1. The topological polar surface area (TPSA) is 64.2 Å². The molecule has 3 aliphatic heterocycles. The third-order valence-corrected chi connectivity index (χ3v) is 7.83. The van der Waals surface area contributed by atoms with Gasteiger partial charge in [-0.15, -0.1) is 11.3 Å². The minimum absolute atomic E-state index is 0.0112. The van der Waals surface area contributed by atoms with Crippen molar-refractivity contribution in [3.05, 3.63) is 52.7 Å². The Balaban J connectivity index is 1.36. The third-order valence-electron chi connectivity index (χ3n) is 6.98. The van der Waals surface area contributed by atoms with Gasteiger partial charge in [0.25, 0.3) is 11.8 Å². The first-order valence-electron chi connectivity index (χ1n) is 11.3. The maximum atomic E-state index is 13.7. The van der Waals surface area contributed by atoms with Crippen LogP contribution >= 0.6 is 11.3 Å². The van der Waals surface area contributed by atoms with E-state index in [2.05, 4.69) is 4.90 Å². The Hall–Kier alpha value is -2.87. The fraction of sp³-hybridized carbons (Fsp3) is 0.458. The molecule has 8 heteroatoms. The van der Waals surface area contributed by atoms with Crippen LogP contribution in [0.5, 0.6) is 0 Å². The van der Waals surface area contributed by atoms with E-state index in [9.17, 15) is 14.4 Å². The predicted octanol–water partition coefficient (Wildman–Crippen LogP) is 2.65. The lowest BCUT2D eigenvalue weighted by atomic mass is 9.85. The molecule has 168 valence electrons. The second-order valence-electron chi connectivity index (χ2n) is 8.80. The van der Waals surface area contributed by atoms with E-state index in [1.165, 1.54) is 11.3 Å². The number of hydrogen-bond donors (Lipinski definition) is 0. The van der Waals surface area contributed by atoms with Crippen molar-refractivity contribution in [1.82, 2.24) is 14.7 Å². The van der Waals surface area contributed by atoms with Gasteiger partial charge in [-0.2, -0.15) is 0 Å². The summed E-state index contributed by atoms with van der Waals surface area (Å²) in [6.45, 7) is 3.16. The average molecular weight is 453 g/mol. The van der Waals surface area contributed by atoms with Crippen molar-refractivity contribution in [3.63, 3.8) is 0 Å². The molecule has 1 spiro atoms. The molecule has 1 aromatic heterocycles. The van der Waals surface area contributed by atoms with Gasteiger partial charge in [0.1, 0.15) is 12.1 Å². The molecule has 7 nitrogen and oxygen atoms in total. The smallest absolute Gasteiger partial charge is 0.263 e. The van der Waals surface area contributed by atoms with Crippen LogP contribution in [-0.4, -0.2) is 77.4 Å². The van der Waals surface area contributed by atoms with Gasteiger partial charge < -0.3 is 19.6 Å². The van der Waals surface area contributed by atoms with Gasteiger partial charge in [0, 0.05) is 31.9 Å². The quantitative estimate of drug-likeness (QED) is 0.716. The first kappa shape index (κ1) is 21.0. The number of carbonyl (C=O) groups excluding carboxylic acids is 3. The number of likely N-dealkylation sites (tertiary alicyclic amines) is 2. The summed E-state index contributed by atoms with van der Waals surface area (Å²) in [5.41, 5.74) is 0.272. The summed E-state index contributed by atoms with van der Waals surface area (Å²) in [5, 5.41) is 1.91. The summed E-state index contributed by atoms with van der Waals surface area (Å²) in [5.74, 6) is 0.0796. The van der Waals surface area contributed by atoms with Crippen LogP contribution in [0.4, 0.5) is 5.69 Å². The molecule has 1 aromatic carbocycles. The number of thiophene rings is 1. The maximum absolute atomic E-state index is 13.7. The first-order valence-corrected chi connectivity index (χ1v) is 12.2. The molecule has 3 amide bonds. The van der Waals surface area contributed by atoms with Crippen molar-refractivity contribution in [3.8, 4) is 0 Å². The van der Waals surface area contributed by atoms with E-state index in [0.717, 1.165) is 36.5 Å². The van der Waals surface area contributed by atoms with E-state index < -0.39 is 5.54 Å². The van der Waals surface area contributed by atoms with Gasteiger partial charge in [-0.05, 0) is 49.3 Å². The highest BCUT2D eigenvalue weighted by molar-refractivity contribution is 7.12. The van der Waals surface area contributed by atoms with Crippen LogP contribution in [0.2, 0.25) is 0 Å². The molecule has 0 bridgehead atoms. The lowest BCUT2D eigenvalue weighted by Gasteiger charge is -2.43. The van der Waals surface area contributed by atoms with Gasteiger partial charge in [-0.3, -0.25) is 14.4 Å². The van der Waals surface area contributed by atoms with Gasteiger partial charge in [0.15, 0.2) is 0 Å². The predicted molar refractivity (Wildman–Crippen MR) is 124 cm³/mol. The van der Waals surface area contributed by atoms with Crippen LogP contribution < -0.4 is 4.90 Å². The highest BCUT2D eigenvalue weighted by Crippen LogP contribution is 2.39. The summed E-state index contributed by atoms with van der Waals surface area (Å²) in [7, 11) is 0. The van der Waals surface area contributed by atoms with E-state index >= 15 is 0 Å². The fourth-order valence-corrected chi connectivity index (χ4v) is 5.88. The molecule has 0 N–H and O–H groups in total. The Morgan fingerprint density at radius 1 is 0.906 bits per heavy atom. The number of para-hydroxylation sites is 1. The minimum Gasteiger partial charge on any atom is -0.341 e. The number of nitrogens with zero attached hydrogens (tertiary/aromatic N) is 4. The summed E-state index contributed by atoms with van der Waals surface area (Å²) in [6.07, 6.45) is 3.19. The van der Waals surface area contributed by atoms with Crippen LogP contribution in [0, 0.1) is 0 Å². The summed E-state index contributed by atoms with van der Waals surface area (Å²) in [6, 6.07) is 13.7. The molecule has 0 atom stereocenters. The molecule has 3 fully saturated rings. The average Bonchev–Trinajstić information content (AvgIpc) is 3.59. The Bertz CT molecular complexity index is 980. The fourth-order valence-electron chi connectivity index (χ4n) is 5.19. The number of rotatable bonds is 4. The van der Waals surface area contributed by atoms with E-state index in [0.29, 0.717) is 32.6 Å². The zero-order valence-corrected chi connectivity index (χ0v) is 18.9. The molecule has 2 aromatic rings. The zero-order chi connectivity index (χ0) is 22.1. The van der Waals surface area contributed by atoms with E-state index in [1.54, 1.807) is 4.90 Å². The van der Waals surface area contributed by atoms with Gasteiger partial charge in [0.2, 0.25) is 5.91 Å². The van der Waals surface area contributed by atoms with Crippen LogP contribution in [0.1, 0.15) is 35.4 Å². The van der Waals surface area contributed by atoms with Crippen molar-refractivity contribution in [2.24, 2.45) is 0 Å². The van der Waals surface area contributed by atoms with E-state index in [-0.39, 0.29) is 24.3 Å². The second-order valence-corrected chi connectivity index (χ2v) is 9.74. The van der Waals surface area contributed by atoms with Crippen molar-refractivity contribution < 1.29 is 14.4 Å². The monoisotopic (exact) mass is 452 g/mol. The molecule has 5 rings (SSSR count). The number of carbonyl (C=O) groups is 3. The largest absolute Gasteiger partial charge is 0.341 e. The van der Waals surface area contributed by atoms with E-state index in [4.69, 9.17) is 0 Å². The van der Waals surface area contributed by atoms with E-state index in [1.807, 2.05) is 57.6 Å². The standard InChI is InChI=1S/C24H28N4O3S/c29-21(25-12-4-5-13-25)17-27-18-28(19-7-2-1-3-8-19)24(23(27)31)10-14-26(15-11-24)22(30)20-9-6-16-32-20/h1-3,6-9,16H,4-5,10-15,17-18H2. The van der Waals surface area contributed by atoms with Gasteiger partial charge in [-0.1, -0.05) is 24.3 Å². The third kappa shape index (κ3) is 3.66. The number of hydrogen-bond acceptors (Lipinski definition) is 5. The second kappa shape index (κ2) is 8.58. The molecule has 3 aliphatic rings. The van der Waals surface area contributed by atoms with Crippen molar-refractivity contribution in [2.45, 2.75) is 31.2 Å². The Labute approximate surface area is 192 Å². The van der Waals surface area contributed by atoms with Gasteiger partial charge in [0.05, 0.1) is 11.5 Å². The molecule has 0 saturated carbocycles. The normalized spacial score (nSPS) is 20.4. The molecular formula is C24H28N4O3S. The molecule has 32 heavy (non-hydrogen) atoms.